The van der Waals surface area contributed by atoms with Crippen LogP contribution in [0.15, 0.2) is 12.7 Å². The first-order valence-corrected chi connectivity index (χ1v) is 11.2. The van der Waals surface area contributed by atoms with E-state index in [9.17, 15) is 9.59 Å². The Hall–Kier alpha value is -1.32. The Morgan fingerprint density at radius 3 is 1.78 bits per heavy atom. The number of unbranched alkanes of at least 4 members (excludes halogenated alkanes) is 11. The summed E-state index contributed by atoms with van der Waals surface area (Å²) in [5, 5.41) is 5.69. The topological polar surface area (TPSA) is 58.2 Å². The third kappa shape index (κ3) is 16.6. The van der Waals surface area contributed by atoms with Crippen LogP contribution in [0, 0.1) is 5.92 Å². The minimum atomic E-state index is -0.465. The van der Waals surface area contributed by atoms with Gasteiger partial charge in [-0.25, -0.2) is 0 Å². The normalized spacial score (nSPS) is 12.0. The Morgan fingerprint density at radius 1 is 0.852 bits per heavy atom. The predicted octanol–water partition coefficient (Wildman–Crippen LogP) is 5.52. The fourth-order valence-corrected chi connectivity index (χ4v) is 3.23. The summed E-state index contributed by atoms with van der Waals surface area (Å²) in [6.07, 6.45) is 17.6. The van der Waals surface area contributed by atoms with Crippen molar-refractivity contribution in [2.24, 2.45) is 5.92 Å². The number of carbonyl (C=O) groups is 2. The number of rotatable bonds is 18. The Balaban J connectivity index is 3.64. The minimum Gasteiger partial charge on any atom is -0.354 e. The lowest BCUT2D eigenvalue weighted by atomic mass is 10.0. The summed E-state index contributed by atoms with van der Waals surface area (Å²) in [7, 11) is 0. The predicted molar refractivity (Wildman–Crippen MR) is 116 cm³/mol. The minimum absolute atomic E-state index is 0.0815. The Kier molecular flexibility index (Phi) is 17.2. The molecule has 0 aliphatic rings. The summed E-state index contributed by atoms with van der Waals surface area (Å²) in [5.74, 6) is -0.0272. The van der Waals surface area contributed by atoms with Gasteiger partial charge in [-0.05, 0) is 24.8 Å². The van der Waals surface area contributed by atoms with Gasteiger partial charge in [-0.3, -0.25) is 9.59 Å². The molecule has 2 amide bonds. The van der Waals surface area contributed by atoms with Gasteiger partial charge in [0.2, 0.25) is 11.8 Å². The standard InChI is InChI=1S/C23H44N2O2/c1-5-7-8-9-10-11-12-13-14-15-16-17-18-24-23(27)21(19-20(3)4)25-22(26)6-2/h6,20-21H,2,5,7-19H2,1,3-4H3,(H,24,27)(H,25,26)/t21-/m0/s1. The van der Waals surface area contributed by atoms with E-state index in [1.165, 1.54) is 70.3 Å². The summed E-state index contributed by atoms with van der Waals surface area (Å²) >= 11 is 0. The SMILES string of the molecule is C=CC(=O)N[C@@H](CC(C)C)C(=O)NCCCCCCCCCCCCCC. The summed E-state index contributed by atoms with van der Waals surface area (Å²) in [5.41, 5.74) is 0. The van der Waals surface area contributed by atoms with Crippen molar-refractivity contribution in [3.8, 4) is 0 Å². The van der Waals surface area contributed by atoms with Crippen molar-refractivity contribution >= 4 is 11.8 Å². The van der Waals surface area contributed by atoms with Crippen LogP contribution in [0.4, 0.5) is 0 Å². The van der Waals surface area contributed by atoms with Crippen molar-refractivity contribution in [3.63, 3.8) is 0 Å². The highest BCUT2D eigenvalue weighted by molar-refractivity contribution is 5.92. The van der Waals surface area contributed by atoms with Crippen molar-refractivity contribution in [2.45, 2.75) is 110 Å². The molecule has 1 atom stereocenters. The zero-order valence-electron chi connectivity index (χ0n) is 18.2. The average Bonchev–Trinajstić information content (AvgIpc) is 2.64. The smallest absolute Gasteiger partial charge is 0.244 e. The Bertz CT molecular complexity index is 394. The molecule has 0 aliphatic heterocycles. The lowest BCUT2D eigenvalue weighted by Crippen LogP contribution is -2.47. The molecule has 0 aliphatic carbocycles. The molecule has 0 aromatic heterocycles. The molecule has 158 valence electrons. The van der Waals surface area contributed by atoms with E-state index in [0.717, 1.165) is 12.8 Å². The first-order chi connectivity index (χ1) is 13.0. The van der Waals surface area contributed by atoms with Crippen LogP contribution in [0.1, 0.15) is 104 Å². The van der Waals surface area contributed by atoms with Crippen LogP contribution in [-0.4, -0.2) is 24.4 Å². The summed E-state index contributed by atoms with van der Waals surface area (Å²) in [4.78, 5) is 23.8. The van der Waals surface area contributed by atoms with Gasteiger partial charge in [0, 0.05) is 6.54 Å². The molecule has 0 fully saturated rings. The second kappa shape index (κ2) is 18.1. The lowest BCUT2D eigenvalue weighted by molar-refractivity contribution is -0.127. The third-order valence-corrected chi connectivity index (χ3v) is 4.86. The van der Waals surface area contributed by atoms with Gasteiger partial charge < -0.3 is 10.6 Å². The monoisotopic (exact) mass is 380 g/mol. The van der Waals surface area contributed by atoms with E-state index in [4.69, 9.17) is 0 Å². The number of carbonyl (C=O) groups excluding carboxylic acids is 2. The fraction of sp³-hybridized carbons (Fsp3) is 0.826. The van der Waals surface area contributed by atoms with Gasteiger partial charge in [-0.2, -0.15) is 0 Å². The average molecular weight is 381 g/mol. The van der Waals surface area contributed by atoms with Gasteiger partial charge in [-0.15, -0.1) is 0 Å². The van der Waals surface area contributed by atoms with Crippen molar-refractivity contribution in [2.75, 3.05) is 6.54 Å². The van der Waals surface area contributed by atoms with Crippen molar-refractivity contribution in [1.82, 2.24) is 10.6 Å². The van der Waals surface area contributed by atoms with Crippen molar-refractivity contribution in [1.29, 1.82) is 0 Å². The molecule has 4 heteroatoms. The van der Waals surface area contributed by atoms with Crippen molar-refractivity contribution in [3.05, 3.63) is 12.7 Å². The van der Waals surface area contributed by atoms with Crippen LogP contribution in [0.5, 0.6) is 0 Å². The van der Waals surface area contributed by atoms with Gasteiger partial charge in [0.25, 0.3) is 0 Å². The first-order valence-electron chi connectivity index (χ1n) is 11.2. The highest BCUT2D eigenvalue weighted by atomic mass is 16.2. The van der Waals surface area contributed by atoms with Gasteiger partial charge in [0.1, 0.15) is 6.04 Å². The van der Waals surface area contributed by atoms with Gasteiger partial charge >= 0.3 is 0 Å². The van der Waals surface area contributed by atoms with E-state index < -0.39 is 6.04 Å². The molecule has 0 radical (unpaired) electrons. The van der Waals surface area contributed by atoms with Crippen LogP contribution in [0.2, 0.25) is 0 Å². The molecule has 0 unspecified atom stereocenters. The maximum Gasteiger partial charge on any atom is 0.244 e. The molecule has 4 nitrogen and oxygen atoms in total. The van der Waals surface area contributed by atoms with E-state index in [-0.39, 0.29) is 11.8 Å². The zero-order chi connectivity index (χ0) is 20.3. The maximum absolute atomic E-state index is 12.3. The molecule has 0 aromatic rings. The molecular weight excluding hydrogens is 336 g/mol. The number of hydrogen-bond donors (Lipinski definition) is 2. The zero-order valence-corrected chi connectivity index (χ0v) is 18.2. The maximum atomic E-state index is 12.3. The van der Waals surface area contributed by atoms with Crippen LogP contribution >= 0.6 is 0 Å². The quantitative estimate of drug-likeness (QED) is 0.243. The molecule has 2 N–H and O–H groups in total. The molecule has 0 spiro atoms. The van der Waals surface area contributed by atoms with Crippen LogP contribution in [-0.2, 0) is 9.59 Å². The van der Waals surface area contributed by atoms with E-state index in [1.54, 1.807) is 0 Å². The van der Waals surface area contributed by atoms with E-state index >= 15 is 0 Å². The lowest BCUT2D eigenvalue weighted by Gasteiger charge is -2.19. The second-order valence-corrected chi connectivity index (χ2v) is 8.07. The van der Waals surface area contributed by atoms with Crippen LogP contribution in [0.25, 0.3) is 0 Å². The van der Waals surface area contributed by atoms with Gasteiger partial charge in [0.05, 0.1) is 0 Å². The summed E-state index contributed by atoms with van der Waals surface area (Å²) in [6.45, 7) is 10.5. The number of hydrogen-bond acceptors (Lipinski definition) is 2. The Labute approximate surface area is 168 Å². The molecular formula is C23H44N2O2. The van der Waals surface area contributed by atoms with Gasteiger partial charge in [0.15, 0.2) is 0 Å². The summed E-state index contributed by atoms with van der Waals surface area (Å²) in [6, 6.07) is -0.465. The largest absolute Gasteiger partial charge is 0.354 e. The number of nitrogens with one attached hydrogen (secondary N) is 2. The first kappa shape index (κ1) is 25.7. The highest BCUT2D eigenvalue weighted by Crippen LogP contribution is 2.12. The molecule has 0 aromatic carbocycles. The summed E-state index contributed by atoms with van der Waals surface area (Å²) < 4.78 is 0. The molecule has 0 bridgehead atoms. The third-order valence-electron chi connectivity index (χ3n) is 4.86. The van der Waals surface area contributed by atoms with E-state index in [2.05, 4.69) is 24.1 Å². The molecule has 0 saturated heterocycles. The van der Waals surface area contributed by atoms with Crippen LogP contribution in [0.3, 0.4) is 0 Å². The van der Waals surface area contributed by atoms with Gasteiger partial charge in [-0.1, -0.05) is 98.0 Å². The van der Waals surface area contributed by atoms with Crippen LogP contribution < -0.4 is 10.6 Å². The fourth-order valence-electron chi connectivity index (χ4n) is 3.23. The Morgan fingerprint density at radius 2 is 1.33 bits per heavy atom. The van der Waals surface area contributed by atoms with Crippen molar-refractivity contribution < 1.29 is 9.59 Å². The second-order valence-electron chi connectivity index (χ2n) is 8.07. The molecule has 0 rings (SSSR count). The number of amides is 2. The molecule has 27 heavy (non-hydrogen) atoms. The van der Waals surface area contributed by atoms with E-state index in [0.29, 0.717) is 18.9 Å². The molecule has 0 saturated carbocycles. The van der Waals surface area contributed by atoms with E-state index in [1.807, 2.05) is 13.8 Å². The highest BCUT2D eigenvalue weighted by Gasteiger charge is 2.20. The molecule has 0 heterocycles.